The standard InChI is InChI=1S/C15H13N2OSe/c1-11-6-5-9-13(10-11)16-15(19)17-14(18)12-7-3-2-4-8-12/h2-10H,1H3,(H,16,17,18). The molecular formula is C15H13N2OSe. The minimum atomic E-state index is -0.175. The van der Waals surface area contributed by atoms with Crippen LogP contribution < -0.4 is 5.32 Å². The zero-order valence-electron chi connectivity index (χ0n) is 10.5. The van der Waals surface area contributed by atoms with E-state index in [1.807, 2.05) is 49.4 Å². The number of hydrogen-bond donors (Lipinski definition) is 1. The molecule has 0 spiro atoms. The van der Waals surface area contributed by atoms with Gasteiger partial charge in [0.1, 0.15) is 0 Å². The number of amidine groups is 1. The van der Waals surface area contributed by atoms with E-state index in [1.54, 1.807) is 12.1 Å². The van der Waals surface area contributed by atoms with E-state index in [0.717, 1.165) is 11.3 Å². The summed E-state index contributed by atoms with van der Waals surface area (Å²) < 4.78 is 0.458. The van der Waals surface area contributed by atoms with Gasteiger partial charge < -0.3 is 0 Å². The Morgan fingerprint density at radius 3 is 2.53 bits per heavy atom. The van der Waals surface area contributed by atoms with Crippen molar-refractivity contribution in [3.63, 3.8) is 0 Å². The van der Waals surface area contributed by atoms with Gasteiger partial charge in [-0.1, -0.05) is 0 Å². The summed E-state index contributed by atoms with van der Waals surface area (Å²) in [5, 5.41) is 2.72. The Hall–Kier alpha value is -1.90. The van der Waals surface area contributed by atoms with Gasteiger partial charge in [0.15, 0.2) is 0 Å². The van der Waals surface area contributed by atoms with E-state index in [0.29, 0.717) is 10.3 Å². The van der Waals surface area contributed by atoms with Crippen LogP contribution in [-0.4, -0.2) is 26.7 Å². The SMILES string of the molecule is Cc1cccc(N=C([Se])NC(=O)c2ccccc2)c1. The average Bonchev–Trinajstić information content (AvgIpc) is 2.39. The van der Waals surface area contributed by atoms with Crippen molar-refractivity contribution in [3.8, 4) is 0 Å². The molecule has 0 unspecified atom stereocenters. The molecule has 1 N–H and O–H groups in total. The van der Waals surface area contributed by atoms with Crippen LogP contribution in [0.5, 0.6) is 0 Å². The Balaban J connectivity index is 2.09. The molecule has 4 heteroatoms. The molecule has 1 radical (unpaired) electrons. The predicted octanol–water partition coefficient (Wildman–Crippen LogP) is 2.58. The van der Waals surface area contributed by atoms with Crippen LogP contribution in [0.3, 0.4) is 0 Å². The van der Waals surface area contributed by atoms with E-state index < -0.39 is 0 Å². The van der Waals surface area contributed by atoms with Crippen molar-refractivity contribution < 1.29 is 4.79 Å². The molecule has 0 atom stereocenters. The van der Waals surface area contributed by atoms with E-state index in [-0.39, 0.29) is 5.91 Å². The number of benzene rings is 2. The molecule has 0 bridgehead atoms. The number of nitrogens with one attached hydrogen (secondary N) is 1. The van der Waals surface area contributed by atoms with E-state index in [1.165, 1.54) is 0 Å². The first-order valence-electron chi connectivity index (χ1n) is 5.84. The Morgan fingerprint density at radius 1 is 1.11 bits per heavy atom. The molecule has 2 aromatic rings. The third kappa shape index (κ3) is 4.05. The number of aliphatic imine (C=N–C) groups is 1. The zero-order chi connectivity index (χ0) is 13.7. The number of carbonyl (C=O) groups excluding carboxylic acids is 1. The van der Waals surface area contributed by atoms with Crippen LogP contribution in [0.15, 0.2) is 59.6 Å². The van der Waals surface area contributed by atoms with Crippen LogP contribution in [0, 0.1) is 6.92 Å². The molecule has 2 rings (SSSR count). The molecule has 19 heavy (non-hydrogen) atoms. The summed E-state index contributed by atoms with van der Waals surface area (Å²) >= 11 is 2.76. The monoisotopic (exact) mass is 317 g/mol. The van der Waals surface area contributed by atoms with Crippen molar-refractivity contribution >= 4 is 32.3 Å². The molecule has 0 aliphatic heterocycles. The predicted molar refractivity (Wildman–Crippen MR) is 77.9 cm³/mol. The molecule has 0 fully saturated rings. The minimum absolute atomic E-state index is 0.175. The van der Waals surface area contributed by atoms with E-state index in [4.69, 9.17) is 0 Å². The molecule has 0 saturated heterocycles. The molecular weight excluding hydrogens is 303 g/mol. The number of amides is 1. The molecule has 3 nitrogen and oxygen atoms in total. The number of hydrogen-bond acceptors (Lipinski definition) is 2. The van der Waals surface area contributed by atoms with E-state index in [2.05, 4.69) is 26.3 Å². The molecule has 95 valence electrons. The molecule has 0 aromatic heterocycles. The van der Waals surface area contributed by atoms with Crippen molar-refractivity contribution in [3.05, 3.63) is 65.7 Å². The van der Waals surface area contributed by atoms with E-state index >= 15 is 0 Å². The number of rotatable bonds is 2. The first kappa shape index (κ1) is 13.5. The molecule has 1 amide bonds. The summed E-state index contributed by atoms with van der Waals surface area (Å²) in [4.78, 5) is 16.2. The maximum atomic E-state index is 11.9. The fourth-order valence-electron chi connectivity index (χ4n) is 1.60. The topological polar surface area (TPSA) is 41.5 Å². The van der Waals surface area contributed by atoms with Crippen molar-refractivity contribution in [2.24, 2.45) is 4.99 Å². The second-order valence-electron chi connectivity index (χ2n) is 4.08. The fraction of sp³-hybridized carbons (Fsp3) is 0.0667. The van der Waals surface area contributed by atoms with Gasteiger partial charge in [-0.3, -0.25) is 0 Å². The first-order valence-corrected chi connectivity index (χ1v) is 6.69. The first-order chi connectivity index (χ1) is 9.15. The van der Waals surface area contributed by atoms with Gasteiger partial charge in [-0.15, -0.1) is 0 Å². The van der Waals surface area contributed by atoms with Gasteiger partial charge in [0.05, 0.1) is 0 Å². The van der Waals surface area contributed by atoms with Crippen LogP contribution in [0.25, 0.3) is 0 Å². The van der Waals surface area contributed by atoms with Crippen LogP contribution in [-0.2, 0) is 0 Å². The summed E-state index contributed by atoms with van der Waals surface area (Å²) in [6, 6.07) is 16.8. The quantitative estimate of drug-likeness (QED) is 0.516. The fourth-order valence-corrected chi connectivity index (χ4v) is 2.02. The van der Waals surface area contributed by atoms with Gasteiger partial charge in [0.25, 0.3) is 0 Å². The Morgan fingerprint density at radius 2 is 1.84 bits per heavy atom. The summed E-state index contributed by atoms with van der Waals surface area (Å²) in [5.41, 5.74) is 2.54. The van der Waals surface area contributed by atoms with Gasteiger partial charge in [0, 0.05) is 0 Å². The Bertz CT molecular complexity index is 609. The van der Waals surface area contributed by atoms with Crippen LogP contribution in [0.4, 0.5) is 5.69 Å². The van der Waals surface area contributed by atoms with E-state index in [9.17, 15) is 4.79 Å². The number of carbonyl (C=O) groups is 1. The third-order valence-corrected chi connectivity index (χ3v) is 2.89. The molecule has 0 aliphatic carbocycles. The van der Waals surface area contributed by atoms with Crippen molar-refractivity contribution in [1.29, 1.82) is 0 Å². The maximum absolute atomic E-state index is 11.9. The van der Waals surface area contributed by atoms with Crippen molar-refractivity contribution in [1.82, 2.24) is 5.32 Å². The molecule has 0 heterocycles. The van der Waals surface area contributed by atoms with Crippen molar-refractivity contribution in [2.75, 3.05) is 0 Å². The van der Waals surface area contributed by atoms with Gasteiger partial charge in [0.2, 0.25) is 0 Å². The Labute approximate surface area is 120 Å². The average molecular weight is 316 g/mol. The Kier molecular flexibility index (Phi) is 4.50. The molecule has 0 aliphatic rings. The summed E-state index contributed by atoms with van der Waals surface area (Å²) in [7, 11) is 0. The summed E-state index contributed by atoms with van der Waals surface area (Å²) in [5.74, 6) is -0.175. The van der Waals surface area contributed by atoms with Gasteiger partial charge in [-0.25, -0.2) is 0 Å². The second-order valence-corrected chi connectivity index (χ2v) is 4.89. The third-order valence-electron chi connectivity index (χ3n) is 2.49. The van der Waals surface area contributed by atoms with Crippen LogP contribution >= 0.6 is 0 Å². The van der Waals surface area contributed by atoms with Gasteiger partial charge >= 0.3 is 120 Å². The van der Waals surface area contributed by atoms with Gasteiger partial charge in [-0.05, 0) is 0 Å². The van der Waals surface area contributed by atoms with Crippen molar-refractivity contribution in [2.45, 2.75) is 6.92 Å². The normalized spacial score (nSPS) is 11.1. The summed E-state index contributed by atoms with van der Waals surface area (Å²) in [6.07, 6.45) is 0. The molecule has 2 aromatic carbocycles. The number of aryl methyl sites for hydroxylation is 1. The number of nitrogens with zero attached hydrogens (tertiary/aromatic N) is 1. The zero-order valence-corrected chi connectivity index (χ0v) is 12.2. The molecule has 0 saturated carbocycles. The van der Waals surface area contributed by atoms with Crippen LogP contribution in [0.1, 0.15) is 15.9 Å². The second kappa shape index (κ2) is 6.32. The van der Waals surface area contributed by atoms with Crippen LogP contribution in [0.2, 0.25) is 0 Å². The van der Waals surface area contributed by atoms with Gasteiger partial charge in [-0.2, -0.15) is 0 Å². The summed E-state index contributed by atoms with van der Waals surface area (Å²) in [6.45, 7) is 2.00.